The van der Waals surface area contributed by atoms with Gasteiger partial charge >= 0.3 is 6.18 Å². The average molecular weight is 330 g/mol. The molecule has 0 bridgehead atoms. The Hall–Kier alpha value is -3.52. The number of hydrogen-bond acceptors (Lipinski definition) is 5. The quantitative estimate of drug-likeness (QED) is 0.848. The van der Waals surface area contributed by atoms with Gasteiger partial charge in [-0.1, -0.05) is 6.07 Å². The molecule has 120 valence electrons. The van der Waals surface area contributed by atoms with E-state index in [0.717, 1.165) is 6.07 Å². The number of halogens is 3. The number of hydrogen-bond donors (Lipinski definition) is 1. The maximum absolute atomic E-state index is 12.6. The highest BCUT2D eigenvalue weighted by molar-refractivity contribution is 5.51. The van der Waals surface area contributed by atoms with Crippen LogP contribution in [0, 0.1) is 22.7 Å². The van der Waals surface area contributed by atoms with Crippen LogP contribution in [0.3, 0.4) is 0 Å². The molecule has 0 aliphatic rings. The van der Waals surface area contributed by atoms with Gasteiger partial charge in [0, 0.05) is 18.0 Å². The monoisotopic (exact) mass is 330 g/mol. The van der Waals surface area contributed by atoms with Gasteiger partial charge in [0.1, 0.15) is 29.2 Å². The Bertz CT molecular complexity index is 814. The summed E-state index contributed by atoms with van der Waals surface area (Å²) in [5.41, 5.74) is -0.560. The van der Waals surface area contributed by atoms with Crippen molar-refractivity contribution in [1.82, 2.24) is 4.98 Å². The SMILES string of the molecule is N#CC(C#N)=CNc1ccc(Oc2cccc(C(F)(F)F)n2)cc1. The van der Waals surface area contributed by atoms with Crippen LogP contribution in [-0.2, 0) is 6.18 Å². The summed E-state index contributed by atoms with van der Waals surface area (Å²) in [5, 5.41) is 19.9. The van der Waals surface area contributed by atoms with E-state index in [2.05, 4.69) is 10.3 Å². The summed E-state index contributed by atoms with van der Waals surface area (Å²) in [5.74, 6) is 0.110. The number of nitrogens with one attached hydrogen (secondary N) is 1. The smallest absolute Gasteiger partial charge is 0.433 e. The predicted octanol–water partition coefficient (Wildman–Crippen LogP) is 4.24. The summed E-state index contributed by atoms with van der Waals surface area (Å²) in [6, 6.07) is 12.9. The normalized spacial score (nSPS) is 10.2. The van der Waals surface area contributed by atoms with Gasteiger partial charge in [0.05, 0.1) is 0 Å². The van der Waals surface area contributed by atoms with Gasteiger partial charge in [0.2, 0.25) is 5.88 Å². The number of allylic oxidation sites excluding steroid dienone is 1. The summed E-state index contributed by atoms with van der Waals surface area (Å²) in [4.78, 5) is 3.40. The van der Waals surface area contributed by atoms with Crippen molar-refractivity contribution < 1.29 is 17.9 Å². The van der Waals surface area contributed by atoms with E-state index in [9.17, 15) is 13.2 Å². The van der Waals surface area contributed by atoms with Crippen LogP contribution in [0.4, 0.5) is 18.9 Å². The molecular formula is C16H9F3N4O. The van der Waals surface area contributed by atoms with E-state index < -0.39 is 11.9 Å². The van der Waals surface area contributed by atoms with Crippen molar-refractivity contribution in [3.8, 4) is 23.8 Å². The molecule has 1 aromatic heterocycles. The lowest BCUT2D eigenvalue weighted by Gasteiger charge is -2.09. The molecule has 8 heteroatoms. The minimum Gasteiger partial charge on any atom is -0.439 e. The molecule has 0 saturated carbocycles. The summed E-state index contributed by atoms with van der Waals surface area (Å²) in [6.07, 6.45) is -3.30. The lowest BCUT2D eigenvalue weighted by molar-refractivity contribution is -0.141. The maximum Gasteiger partial charge on any atom is 0.433 e. The van der Waals surface area contributed by atoms with E-state index in [4.69, 9.17) is 15.3 Å². The van der Waals surface area contributed by atoms with Gasteiger partial charge in [-0.25, -0.2) is 4.98 Å². The molecule has 0 saturated heterocycles. The topological polar surface area (TPSA) is 81.7 Å². The zero-order valence-corrected chi connectivity index (χ0v) is 12.0. The zero-order valence-electron chi connectivity index (χ0n) is 12.0. The van der Waals surface area contributed by atoms with Gasteiger partial charge in [-0.3, -0.25) is 0 Å². The summed E-state index contributed by atoms with van der Waals surface area (Å²) in [6.45, 7) is 0. The minimum atomic E-state index is -4.54. The first kappa shape index (κ1) is 16.8. The number of ether oxygens (including phenoxy) is 1. The molecule has 2 rings (SSSR count). The lowest BCUT2D eigenvalue weighted by atomic mass is 10.3. The second-order valence-corrected chi connectivity index (χ2v) is 4.41. The highest BCUT2D eigenvalue weighted by atomic mass is 19.4. The molecule has 1 aromatic carbocycles. The van der Waals surface area contributed by atoms with Crippen LogP contribution in [0.25, 0.3) is 0 Å². The van der Waals surface area contributed by atoms with Gasteiger partial charge in [0.15, 0.2) is 0 Å². The van der Waals surface area contributed by atoms with Gasteiger partial charge in [0.25, 0.3) is 0 Å². The minimum absolute atomic E-state index is 0.0940. The summed E-state index contributed by atoms with van der Waals surface area (Å²) >= 11 is 0. The molecular weight excluding hydrogens is 321 g/mol. The number of aromatic nitrogens is 1. The number of nitriles is 2. The zero-order chi connectivity index (χ0) is 17.6. The van der Waals surface area contributed by atoms with Crippen molar-refractivity contribution in [2.45, 2.75) is 6.18 Å². The molecule has 0 aliphatic carbocycles. The van der Waals surface area contributed by atoms with Crippen LogP contribution in [-0.4, -0.2) is 4.98 Å². The van der Waals surface area contributed by atoms with E-state index in [1.165, 1.54) is 30.5 Å². The molecule has 1 N–H and O–H groups in total. The molecule has 0 amide bonds. The number of benzene rings is 1. The van der Waals surface area contributed by atoms with Crippen molar-refractivity contribution >= 4 is 5.69 Å². The van der Waals surface area contributed by atoms with E-state index in [0.29, 0.717) is 5.69 Å². The van der Waals surface area contributed by atoms with Crippen molar-refractivity contribution in [2.24, 2.45) is 0 Å². The molecule has 0 unspecified atom stereocenters. The largest absolute Gasteiger partial charge is 0.439 e. The Balaban J connectivity index is 2.09. The fourth-order valence-electron chi connectivity index (χ4n) is 1.61. The van der Waals surface area contributed by atoms with Crippen molar-refractivity contribution in [1.29, 1.82) is 10.5 Å². The number of nitrogens with zero attached hydrogens (tertiary/aromatic N) is 3. The maximum atomic E-state index is 12.6. The molecule has 24 heavy (non-hydrogen) atoms. The first-order valence-electron chi connectivity index (χ1n) is 6.51. The molecule has 0 atom stereocenters. The molecule has 0 aliphatic heterocycles. The average Bonchev–Trinajstić information content (AvgIpc) is 2.57. The molecule has 0 radical (unpaired) electrons. The van der Waals surface area contributed by atoms with Crippen molar-refractivity contribution in [3.63, 3.8) is 0 Å². The van der Waals surface area contributed by atoms with E-state index in [1.807, 2.05) is 0 Å². The Kier molecular flexibility index (Phi) is 5.03. The molecule has 5 nitrogen and oxygen atoms in total. The van der Waals surface area contributed by atoms with Crippen LogP contribution in [0.2, 0.25) is 0 Å². The van der Waals surface area contributed by atoms with Gasteiger partial charge < -0.3 is 10.1 Å². The number of anilines is 1. The third-order valence-corrected chi connectivity index (χ3v) is 2.71. The highest BCUT2D eigenvalue weighted by Gasteiger charge is 2.32. The Morgan fingerprint density at radius 3 is 2.33 bits per heavy atom. The fraction of sp³-hybridized carbons (Fsp3) is 0.0625. The Morgan fingerprint density at radius 1 is 1.08 bits per heavy atom. The first-order chi connectivity index (χ1) is 11.4. The predicted molar refractivity (Wildman–Crippen MR) is 78.7 cm³/mol. The van der Waals surface area contributed by atoms with E-state index in [-0.39, 0.29) is 17.2 Å². The standard InChI is InChI=1S/C16H9F3N4O/c17-16(18,19)14-2-1-3-15(23-14)24-13-6-4-12(5-7-13)22-10-11(8-20)9-21/h1-7,10,22H. The van der Waals surface area contributed by atoms with Crippen LogP contribution in [0.1, 0.15) is 5.69 Å². The Morgan fingerprint density at radius 2 is 1.75 bits per heavy atom. The van der Waals surface area contributed by atoms with Gasteiger partial charge in [-0.2, -0.15) is 23.7 Å². The van der Waals surface area contributed by atoms with Gasteiger partial charge in [-0.05, 0) is 30.3 Å². The Labute approximate surface area is 135 Å². The highest BCUT2D eigenvalue weighted by Crippen LogP contribution is 2.30. The number of rotatable bonds is 4. The van der Waals surface area contributed by atoms with E-state index in [1.54, 1.807) is 24.3 Å². The second kappa shape index (κ2) is 7.16. The fourth-order valence-corrected chi connectivity index (χ4v) is 1.61. The molecule has 0 fully saturated rings. The summed E-state index contributed by atoms with van der Waals surface area (Å²) < 4.78 is 43.0. The molecule has 1 heterocycles. The number of pyridine rings is 1. The van der Waals surface area contributed by atoms with Crippen LogP contribution in [0.15, 0.2) is 54.2 Å². The summed E-state index contributed by atoms with van der Waals surface area (Å²) in [7, 11) is 0. The molecule has 0 spiro atoms. The van der Waals surface area contributed by atoms with Crippen LogP contribution >= 0.6 is 0 Å². The van der Waals surface area contributed by atoms with Crippen molar-refractivity contribution in [2.75, 3.05) is 5.32 Å². The van der Waals surface area contributed by atoms with Gasteiger partial charge in [-0.15, -0.1) is 0 Å². The second-order valence-electron chi connectivity index (χ2n) is 4.41. The van der Waals surface area contributed by atoms with Crippen LogP contribution in [0.5, 0.6) is 11.6 Å². The molecule has 2 aromatic rings. The lowest BCUT2D eigenvalue weighted by Crippen LogP contribution is -2.07. The third-order valence-electron chi connectivity index (χ3n) is 2.71. The first-order valence-corrected chi connectivity index (χ1v) is 6.51. The van der Waals surface area contributed by atoms with E-state index >= 15 is 0 Å². The van der Waals surface area contributed by atoms with Crippen LogP contribution < -0.4 is 10.1 Å². The third kappa shape index (κ3) is 4.49. The van der Waals surface area contributed by atoms with Crippen molar-refractivity contribution in [3.05, 3.63) is 59.9 Å². The number of alkyl halides is 3.